The van der Waals surface area contributed by atoms with Gasteiger partial charge in [-0.15, -0.1) is 0 Å². The maximum atomic E-state index is 13.5. The number of amides is 2. The third-order valence-electron chi connectivity index (χ3n) is 5.72. The Balaban J connectivity index is 1.64. The van der Waals surface area contributed by atoms with Crippen molar-refractivity contribution in [2.75, 3.05) is 44.3 Å². The normalized spacial score (nSPS) is 20.1. The van der Waals surface area contributed by atoms with Crippen LogP contribution in [0.25, 0.3) is 0 Å². The van der Waals surface area contributed by atoms with Gasteiger partial charge in [0.25, 0.3) is 5.91 Å². The number of rotatable bonds is 7. The molecule has 2 aromatic carbocycles. The molecule has 2 aliphatic heterocycles. The first-order valence-corrected chi connectivity index (χ1v) is 12.3. The third kappa shape index (κ3) is 5.10. The Morgan fingerprint density at radius 1 is 1.03 bits per heavy atom. The number of sulfonamides is 1. The highest BCUT2D eigenvalue weighted by molar-refractivity contribution is 7.89. The molecule has 11 heteroatoms. The van der Waals surface area contributed by atoms with Gasteiger partial charge < -0.3 is 4.74 Å². The quantitative estimate of drug-likeness (QED) is 0.547. The van der Waals surface area contributed by atoms with Crippen molar-refractivity contribution in [1.82, 2.24) is 9.21 Å². The molecule has 8 nitrogen and oxygen atoms in total. The fourth-order valence-electron chi connectivity index (χ4n) is 3.95. The summed E-state index contributed by atoms with van der Waals surface area (Å²) in [6, 6.07) is 9.38. The molecule has 2 saturated heterocycles. The standard InChI is InChI=1S/C22H23ClFN3O5S/c23-16-1-5-18(6-2-16)27-21(28)15-20(22(27)29)26(10-9-25-11-13-32-14-12-25)33(30,31)19-7-3-17(24)4-8-19/h1-8,20H,9-15H2. The minimum absolute atomic E-state index is 0.00213. The SMILES string of the molecule is O=C1CC(N(CCN2CCOCC2)S(=O)(=O)c2ccc(F)cc2)C(=O)N1c1ccc(Cl)cc1. The second kappa shape index (κ2) is 9.86. The summed E-state index contributed by atoms with van der Waals surface area (Å²) >= 11 is 5.91. The van der Waals surface area contributed by atoms with Crippen molar-refractivity contribution < 1.29 is 27.1 Å². The molecular formula is C22H23ClFN3O5S. The van der Waals surface area contributed by atoms with E-state index in [1.54, 1.807) is 12.1 Å². The number of imide groups is 1. The van der Waals surface area contributed by atoms with Crippen molar-refractivity contribution in [2.24, 2.45) is 0 Å². The maximum absolute atomic E-state index is 13.5. The van der Waals surface area contributed by atoms with Gasteiger partial charge in [0, 0.05) is 31.2 Å². The van der Waals surface area contributed by atoms with Gasteiger partial charge in [0.15, 0.2) is 0 Å². The number of morpholine rings is 1. The molecule has 2 fully saturated rings. The lowest BCUT2D eigenvalue weighted by Gasteiger charge is -2.31. The zero-order chi connectivity index (χ0) is 23.6. The Morgan fingerprint density at radius 3 is 2.30 bits per heavy atom. The van der Waals surface area contributed by atoms with E-state index in [1.165, 1.54) is 12.1 Å². The van der Waals surface area contributed by atoms with Crippen LogP contribution in [0.3, 0.4) is 0 Å². The minimum atomic E-state index is -4.18. The molecule has 4 rings (SSSR count). The average molecular weight is 496 g/mol. The van der Waals surface area contributed by atoms with Gasteiger partial charge in [-0.25, -0.2) is 17.7 Å². The van der Waals surface area contributed by atoms with E-state index < -0.39 is 33.7 Å². The molecule has 0 aromatic heterocycles. The van der Waals surface area contributed by atoms with Crippen LogP contribution in [0.5, 0.6) is 0 Å². The van der Waals surface area contributed by atoms with E-state index in [4.69, 9.17) is 16.3 Å². The molecule has 1 atom stereocenters. The lowest BCUT2D eigenvalue weighted by molar-refractivity contribution is -0.122. The highest BCUT2D eigenvalue weighted by Crippen LogP contribution is 2.30. The second-order valence-corrected chi connectivity index (χ2v) is 10.1. The summed E-state index contributed by atoms with van der Waals surface area (Å²) < 4.78 is 46.8. The van der Waals surface area contributed by atoms with Gasteiger partial charge in [-0.3, -0.25) is 14.5 Å². The van der Waals surface area contributed by atoms with E-state index in [0.29, 0.717) is 43.6 Å². The van der Waals surface area contributed by atoms with Gasteiger partial charge in [0.2, 0.25) is 15.9 Å². The first-order valence-electron chi connectivity index (χ1n) is 10.5. The number of nitrogens with zero attached hydrogens (tertiary/aromatic N) is 3. The van der Waals surface area contributed by atoms with Gasteiger partial charge in [-0.05, 0) is 48.5 Å². The minimum Gasteiger partial charge on any atom is -0.379 e. The van der Waals surface area contributed by atoms with Gasteiger partial charge in [0.1, 0.15) is 11.9 Å². The summed E-state index contributed by atoms with van der Waals surface area (Å²) in [5, 5.41) is 0.445. The van der Waals surface area contributed by atoms with E-state index in [0.717, 1.165) is 33.5 Å². The summed E-state index contributed by atoms with van der Waals surface area (Å²) in [5.41, 5.74) is 0.323. The van der Waals surface area contributed by atoms with E-state index in [1.807, 2.05) is 4.90 Å². The summed E-state index contributed by atoms with van der Waals surface area (Å²) in [6.07, 6.45) is -0.287. The van der Waals surface area contributed by atoms with Crippen LogP contribution in [-0.4, -0.2) is 74.9 Å². The van der Waals surface area contributed by atoms with Crippen LogP contribution in [0.1, 0.15) is 6.42 Å². The average Bonchev–Trinajstić information content (AvgIpc) is 3.09. The van der Waals surface area contributed by atoms with Crippen molar-refractivity contribution in [3.63, 3.8) is 0 Å². The first-order chi connectivity index (χ1) is 15.8. The summed E-state index contributed by atoms with van der Waals surface area (Å²) in [5.74, 6) is -1.71. The molecule has 0 bridgehead atoms. The predicted molar refractivity (Wildman–Crippen MR) is 120 cm³/mol. The zero-order valence-corrected chi connectivity index (χ0v) is 19.3. The topological polar surface area (TPSA) is 87.2 Å². The molecule has 2 amide bonds. The predicted octanol–water partition coefficient (Wildman–Crippen LogP) is 2.13. The summed E-state index contributed by atoms with van der Waals surface area (Å²) in [6.45, 7) is 2.71. The van der Waals surface area contributed by atoms with Crippen LogP contribution in [0.2, 0.25) is 5.02 Å². The largest absolute Gasteiger partial charge is 0.379 e. The molecule has 33 heavy (non-hydrogen) atoms. The number of carbonyl (C=O) groups excluding carboxylic acids is 2. The number of carbonyl (C=O) groups is 2. The Morgan fingerprint density at radius 2 is 1.67 bits per heavy atom. The maximum Gasteiger partial charge on any atom is 0.252 e. The molecule has 0 spiro atoms. The van der Waals surface area contributed by atoms with E-state index in [2.05, 4.69) is 0 Å². The molecule has 0 aliphatic carbocycles. The smallest absolute Gasteiger partial charge is 0.252 e. The third-order valence-corrected chi connectivity index (χ3v) is 7.89. The van der Waals surface area contributed by atoms with E-state index >= 15 is 0 Å². The summed E-state index contributed by atoms with van der Waals surface area (Å²) in [4.78, 5) is 29.0. The molecule has 1 unspecified atom stereocenters. The number of anilines is 1. The highest BCUT2D eigenvalue weighted by Gasteiger charge is 2.47. The van der Waals surface area contributed by atoms with Gasteiger partial charge in [-0.2, -0.15) is 4.31 Å². The molecule has 2 aromatic rings. The van der Waals surface area contributed by atoms with Crippen molar-refractivity contribution in [1.29, 1.82) is 0 Å². The van der Waals surface area contributed by atoms with Crippen molar-refractivity contribution >= 4 is 39.1 Å². The van der Waals surface area contributed by atoms with E-state index in [9.17, 15) is 22.4 Å². The highest BCUT2D eigenvalue weighted by atomic mass is 35.5. The van der Waals surface area contributed by atoms with Crippen LogP contribution in [0, 0.1) is 5.82 Å². The van der Waals surface area contributed by atoms with Crippen molar-refractivity contribution in [3.05, 3.63) is 59.4 Å². The van der Waals surface area contributed by atoms with Crippen LogP contribution in [0.4, 0.5) is 10.1 Å². The Kier molecular flexibility index (Phi) is 7.10. The first kappa shape index (κ1) is 23.8. The number of hydrogen-bond acceptors (Lipinski definition) is 6. The molecule has 0 saturated carbocycles. The molecule has 176 valence electrons. The molecule has 0 radical (unpaired) electrons. The van der Waals surface area contributed by atoms with Crippen molar-refractivity contribution in [2.45, 2.75) is 17.4 Å². The zero-order valence-electron chi connectivity index (χ0n) is 17.7. The lowest BCUT2D eigenvalue weighted by Crippen LogP contribution is -2.49. The van der Waals surface area contributed by atoms with Crippen molar-refractivity contribution in [3.8, 4) is 0 Å². The number of ether oxygens (including phenoxy) is 1. The van der Waals surface area contributed by atoms with Crippen LogP contribution >= 0.6 is 11.6 Å². The number of halogens is 2. The van der Waals surface area contributed by atoms with Crippen LogP contribution in [0.15, 0.2) is 53.4 Å². The number of hydrogen-bond donors (Lipinski definition) is 0. The Hall–Kier alpha value is -2.37. The van der Waals surface area contributed by atoms with Crippen LogP contribution < -0.4 is 4.90 Å². The van der Waals surface area contributed by atoms with Crippen LogP contribution in [-0.2, 0) is 24.3 Å². The molecule has 0 N–H and O–H groups in total. The Bertz CT molecular complexity index is 1120. The fraction of sp³-hybridized carbons (Fsp3) is 0.364. The van der Waals surface area contributed by atoms with Gasteiger partial charge >= 0.3 is 0 Å². The lowest BCUT2D eigenvalue weighted by atomic mass is 10.2. The molecule has 2 aliphatic rings. The second-order valence-electron chi connectivity index (χ2n) is 7.79. The number of benzene rings is 2. The molecule has 2 heterocycles. The van der Waals surface area contributed by atoms with Gasteiger partial charge in [0.05, 0.1) is 30.2 Å². The van der Waals surface area contributed by atoms with Gasteiger partial charge in [-0.1, -0.05) is 11.6 Å². The monoisotopic (exact) mass is 495 g/mol. The Labute approximate surface area is 196 Å². The molecular weight excluding hydrogens is 473 g/mol. The summed E-state index contributed by atoms with van der Waals surface area (Å²) in [7, 11) is -4.18. The fourth-order valence-corrected chi connectivity index (χ4v) is 5.65. The van der Waals surface area contributed by atoms with E-state index in [-0.39, 0.29) is 17.9 Å².